The van der Waals surface area contributed by atoms with E-state index in [1.165, 1.54) is 11.1 Å². The van der Waals surface area contributed by atoms with Gasteiger partial charge in [-0.25, -0.2) is 0 Å². The monoisotopic (exact) mass is 578 g/mol. The van der Waals surface area contributed by atoms with E-state index < -0.39 is 0 Å². The molecule has 0 saturated heterocycles. The van der Waals surface area contributed by atoms with Crippen molar-refractivity contribution < 1.29 is 14.2 Å². The summed E-state index contributed by atoms with van der Waals surface area (Å²) in [6.07, 6.45) is 15.4. The summed E-state index contributed by atoms with van der Waals surface area (Å²) in [4.78, 5) is 0. The highest BCUT2D eigenvalue weighted by molar-refractivity contribution is 9.09. The molecule has 2 aromatic rings. The normalized spacial score (nSPS) is 11.7. The van der Waals surface area contributed by atoms with E-state index in [4.69, 9.17) is 14.2 Å². The van der Waals surface area contributed by atoms with Crippen LogP contribution in [0.2, 0.25) is 0 Å². The number of rotatable bonds is 18. The van der Waals surface area contributed by atoms with E-state index in [-0.39, 0.29) is 13.6 Å². The highest BCUT2D eigenvalue weighted by Gasteiger charge is 1.98. The first-order valence-corrected chi connectivity index (χ1v) is 13.9. The minimum Gasteiger partial charge on any atom is -0.351 e. The Morgan fingerprint density at radius 1 is 0.485 bits per heavy atom. The van der Waals surface area contributed by atoms with Crippen molar-refractivity contribution in [2.75, 3.05) is 24.2 Å². The van der Waals surface area contributed by atoms with Gasteiger partial charge < -0.3 is 14.2 Å². The molecule has 3 nitrogen and oxygen atoms in total. The van der Waals surface area contributed by atoms with Crippen molar-refractivity contribution in [2.45, 2.75) is 51.7 Å². The summed E-state index contributed by atoms with van der Waals surface area (Å²) in [6, 6.07) is 17.2. The maximum absolute atomic E-state index is 5.59. The second-order valence-corrected chi connectivity index (χ2v) is 9.33. The Morgan fingerprint density at radius 3 is 1.24 bits per heavy atom. The summed E-state index contributed by atoms with van der Waals surface area (Å²) in [7, 11) is 0. The van der Waals surface area contributed by atoms with Gasteiger partial charge in [-0.15, -0.1) is 0 Å². The first-order valence-electron chi connectivity index (χ1n) is 11.6. The molecule has 0 atom stereocenters. The third-order valence-corrected chi connectivity index (χ3v) is 5.92. The Balaban J connectivity index is 1.50. The molecule has 0 radical (unpaired) electrons. The lowest BCUT2D eigenvalue weighted by Crippen LogP contribution is -2.05. The van der Waals surface area contributed by atoms with Crippen molar-refractivity contribution in [3.05, 3.63) is 95.1 Å². The number of ether oxygens (including phenoxy) is 3. The summed E-state index contributed by atoms with van der Waals surface area (Å²) < 4.78 is 16.6. The van der Waals surface area contributed by atoms with Gasteiger partial charge in [-0.3, -0.25) is 0 Å². The van der Waals surface area contributed by atoms with Crippen LogP contribution in [0.3, 0.4) is 0 Å². The molecule has 180 valence electrons. The standard InChI is InChI=1S/C28H36Br2O3/c29-19-7-3-1-5-9-25-11-15-27(16-12-25)21-31-23-33-24-32-22-28-17-13-26(14-18-28)10-6-2-4-8-20-30/h1-4,11-18H,5-10,19-24H2/b3-1-,4-2-. The zero-order valence-electron chi connectivity index (χ0n) is 19.4. The summed E-state index contributed by atoms with van der Waals surface area (Å²) in [5, 5.41) is 2.05. The van der Waals surface area contributed by atoms with Gasteiger partial charge in [-0.1, -0.05) is 105 Å². The largest absolute Gasteiger partial charge is 0.351 e. The molecular weight excluding hydrogens is 544 g/mol. The van der Waals surface area contributed by atoms with Crippen LogP contribution in [0, 0.1) is 0 Å². The van der Waals surface area contributed by atoms with E-state index in [9.17, 15) is 0 Å². The molecule has 0 aliphatic heterocycles. The van der Waals surface area contributed by atoms with Crippen molar-refractivity contribution in [2.24, 2.45) is 0 Å². The first-order chi connectivity index (χ1) is 16.3. The molecule has 33 heavy (non-hydrogen) atoms. The average molecular weight is 580 g/mol. The van der Waals surface area contributed by atoms with Crippen LogP contribution in [0.1, 0.15) is 47.9 Å². The van der Waals surface area contributed by atoms with Crippen molar-refractivity contribution >= 4 is 31.9 Å². The summed E-state index contributed by atoms with van der Waals surface area (Å²) in [5.41, 5.74) is 5.00. The Morgan fingerprint density at radius 2 is 0.848 bits per heavy atom. The van der Waals surface area contributed by atoms with Crippen LogP contribution in [-0.2, 0) is 40.3 Å². The maximum Gasteiger partial charge on any atom is 0.150 e. The molecule has 0 N–H and O–H groups in total. The number of benzene rings is 2. The summed E-state index contributed by atoms with van der Waals surface area (Å²) >= 11 is 6.87. The van der Waals surface area contributed by atoms with Crippen LogP contribution in [0.4, 0.5) is 0 Å². The van der Waals surface area contributed by atoms with Crippen LogP contribution in [0.5, 0.6) is 0 Å². The number of hydrogen-bond donors (Lipinski definition) is 0. The quantitative estimate of drug-likeness (QED) is 0.0777. The van der Waals surface area contributed by atoms with Gasteiger partial charge in [-0.2, -0.15) is 0 Å². The Bertz CT molecular complexity index is 718. The predicted octanol–water partition coefficient (Wildman–Crippen LogP) is 7.90. The smallest absolute Gasteiger partial charge is 0.150 e. The van der Waals surface area contributed by atoms with E-state index in [0.29, 0.717) is 13.2 Å². The van der Waals surface area contributed by atoms with Gasteiger partial charge in [0.15, 0.2) is 0 Å². The van der Waals surface area contributed by atoms with Crippen LogP contribution in [0.15, 0.2) is 72.8 Å². The molecule has 5 heteroatoms. The summed E-state index contributed by atoms with van der Waals surface area (Å²) in [6.45, 7) is 1.53. The highest BCUT2D eigenvalue weighted by atomic mass is 79.9. The number of aryl methyl sites for hydroxylation is 2. The highest BCUT2D eigenvalue weighted by Crippen LogP contribution is 2.10. The van der Waals surface area contributed by atoms with Crippen LogP contribution >= 0.6 is 31.9 Å². The van der Waals surface area contributed by atoms with Crippen molar-refractivity contribution in [3.8, 4) is 0 Å². The molecule has 2 aromatic carbocycles. The van der Waals surface area contributed by atoms with E-state index >= 15 is 0 Å². The van der Waals surface area contributed by atoms with Crippen LogP contribution in [0.25, 0.3) is 0 Å². The number of alkyl halides is 2. The fourth-order valence-corrected chi connectivity index (χ4v) is 3.70. The molecule has 0 saturated carbocycles. The molecule has 0 amide bonds. The van der Waals surface area contributed by atoms with E-state index in [1.54, 1.807) is 0 Å². The van der Waals surface area contributed by atoms with Gasteiger partial charge in [0.05, 0.1) is 13.2 Å². The SMILES string of the molecule is BrCC/C=C\CCc1ccc(COCOCOCc2ccc(CC/C=C\CCBr)cc2)cc1. The van der Waals surface area contributed by atoms with Gasteiger partial charge in [0, 0.05) is 10.7 Å². The number of allylic oxidation sites excluding steroid dienone is 4. The van der Waals surface area contributed by atoms with Gasteiger partial charge in [0.25, 0.3) is 0 Å². The minimum absolute atomic E-state index is 0.224. The lowest BCUT2D eigenvalue weighted by molar-refractivity contribution is -0.139. The van der Waals surface area contributed by atoms with Gasteiger partial charge >= 0.3 is 0 Å². The molecule has 0 fully saturated rings. The topological polar surface area (TPSA) is 27.7 Å². The molecule has 0 aliphatic carbocycles. The molecule has 0 heterocycles. The molecule has 0 spiro atoms. The maximum atomic E-state index is 5.59. The second kappa shape index (κ2) is 19.1. The molecule has 2 rings (SSSR count). The zero-order chi connectivity index (χ0) is 23.4. The van der Waals surface area contributed by atoms with Gasteiger partial charge in [0.1, 0.15) is 13.6 Å². The van der Waals surface area contributed by atoms with E-state index in [1.807, 2.05) is 0 Å². The Hall–Kier alpha value is -1.24. The van der Waals surface area contributed by atoms with Crippen molar-refractivity contribution in [1.29, 1.82) is 0 Å². The molecule has 0 aliphatic rings. The second-order valence-electron chi connectivity index (χ2n) is 7.75. The Labute approximate surface area is 216 Å². The van der Waals surface area contributed by atoms with Crippen molar-refractivity contribution in [1.82, 2.24) is 0 Å². The third kappa shape index (κ3) is 13.9. The molecular formula is C28H36Br2O3. The average Bonchev–Trinajstić information content (AvgIpc) is 2.85. The zero-order valence-corrected chi connectivity index (χ0v) is 22.6. The fourth-order valence-electron chi connectivity index (χ4n) is 3.17. The summed E-state index contributed by atoms with van der Waals surface area (Å²) in [5.74, 6) is 0. The fraction of sp³-hybridized carbons (Fsp3) is 0.429. The lowest BCUT2D eigenvalue weighted by atomic mass is 10.1. The lowest BCUT2D eigenvalue weighted by Gasteiger charge is -2.08. The van der Waals surface area contributed by atoms with Gasteiger partial charge in [0.2, 0.25) is 0 Å². The number of hydrogen-bond acceptors (Lipinski definition) is 3. The Kier molecular flexibility index (Phi) is 16.2. The van der Waals surface area contributed by atoms with E-state index in [2.05, 4.69) is 105 Å². The molecule has 0 unspecified atom stereocenters. The molecule has 0 bridgehead atoms. The van der Waals surface area contributed by atoms with Crippen LogP contribution in [-0.4, -0.2) is 24.2 Å². The predicted molar refractivity (Wildman–Crippen MR) is 145 cm³/mol. The minimum atomic E-state index is 0.224. The molecule has 0 aromatic heterocycles. The van der Waals surface area contributed by atoms with Crippen molar-refractivity contribution in [3.63, 3.8) is 0 Å². The van der Waals surface area contributed by atoms with E-state index in [0.717, 1.165) is 60.3 Å². The first kappa shape index (κ1) is 28.0. The third-order valence-electron chi connectivity index (χ3n) is 5.00. The van der Waals surface area contributed by atoms with Gasteiger partial charge in [-0.05, 0) is 60.8 Å². The van der Waals surface area contributed by atoms with Crippen LogP contribution < -0.4 is 0 Å². The number of halogens is 2.